The van der Waals surface area contributed by atoms with Crippen LogP contribution in [0.4, 0.5) is 0 Å². The Labute approximate surface area is 62.6 Å². The minimum absolute atomic E-state index is 0.242. The molecule has 3 heteroatoms. The summed E-state index contributed by atoms with van der Waals surface area (Å²) < 4.78 is 0. The van der Waals surface area contributed by atoms with Crippen LogP contribution in [0.3, 0.4) is 0 Å². The molecule has 1 heterocycles. The smallest absolute Gasteiger partial charge is 0.127 e. The Hall–Kier alpha value is -0.120. The lowest BCUT2D eigenvalue weighted by atomic mass is 10.3. The summed E-state index contributed by atoms with van der Waals surface area (Å²) in [6, 6.07) is 0. The Balaban J connectivity index is 1.91. The standard InChI is InChI=1S/C7H16N3/c1-2-3-4-8-7-9-5-6-10-7/h7-9H,2-6H2,1H3. The van der Waals surface area contributed by atoms with E-state index in [1.165, 1.54) is 12.8 Å². The maximum absolute atomic E-state index is 4.29. The van der Waals surface area contributed by atoms with Gasteiger partial charge in [0.05, 0.1) is 0 Å². The van der Waals surface area contributed by atoms with Crippen molar-refractivity contribution in [1.29, 1.82) is 0 Å². The van der Waals surface area contributed by atoms with E-state index in [-0.39, 0.29) is 6.29 Å². The number of unbranched alkanes of at least 4 members (excludes halogenated alkanes) is 1. The Morgan fingerprint density at radius 1 is 1.70 bits per heavy atom. The van der Waals surface area contributed by atoms with Crippen LogP contribution in [0.2, 0.25) is 0 Å². The molecule has 3 nitrogen and oxygen atoms in total. The highest BCUT2D eigenvalue weighted by molar-refractivity contribution is 4.69. The Morgan fingerprint density at radius 3 is 3.20 bits per heavy atom. The molecule has 1 unspecified atom stereocenters. The average molecular weight is 142 g/mol. The molecule has 0 aromatic carbocycles. The Bertz CT molecular complexity index is 78.9. The highest BCUT2D eigenvalue weighted by Gasteiger charge is 2.11. The first kappa shape index (κ1) is 7.98. The summed E-state index contributed by atoms with van der Waals surface area (Å²) in [6.45, 7) is 5.27. The van der Waals surface area contributed by atoms with Gasteiger partial charge in [0.15, 0.2) is 0 Å². The summed E-state index contributed by atoms with van der Waals surface area (Å²) in [5.74, 6) is 0. The van der Waals surface area contributed by atoms with Gasteiger partial charge in [-0.05, 0) is 13.0 Å². The van der Waals surface area contributed by atoms with Crippen LogP contribution in [0, 0.1) is 0 Å². The predicted octanol–water partition coefficient (Wildman–Crippen LogP) is -0.133. The zero-order valence-corrected chi connectivity index (χ0v) is 6.56. The molecule has 0 spiro atoms. The summed E-state index contributed by atoms with van der Waals surface area (Å²) in [5, 5.41) is 10.8. The molecule has 1 aliphatic rings. The summed E-state index contributed by atoms with van der Waals surface area (Å²) >= 11 is 0. The normalized spacial score (nSPS) is 20.1. The first-order chi connectivity index (χ1) is 4.93. The van der Waals surface area contributed by atoms with Crippen LogP contribution in [-0.4, -0.2) is 25.9 Å². The van der Waals surface area contributed by atoms with Crippen LogP contribution < -0.4 is 16.0 Å². The van der Waals surface area contributed by atoms with E-state index in [9.17, 15) is 0 Å². The largest absolute Gasteiger partial charge is 0.288 e. The van der Waals surface area contributed by atoms with Crippen molar-refractivity contribution in [2.45, 2.75) is 26.1 Å². The predicted molar refractivity (Wildman–Crippen MR) is 41.7 cm³/mol. The topological polar surface area (TPSA) is 38.2 Å². The van der Waals surface area contributed by atoms with Crippen molar-refractivity contribution in [2.24, 2.45) is 0 Å². The molecule has 1 radical (unpaired) electrons. The number of hydrogen-bond acceptors (Lipinski definition) is 2. The van der Waals surface area contributed by atoms with Gasteiger partial charge in [0, 0.05) is 13.1 Å². The van der Waals surface area contributed by atoms with E-state index in [4.69, 9.17) is 0 Å². The van der Waals surface area contributed by atoms with E-state index < -0.39 is 0 Å². The third-order valence-electron chi connectivity index (χ3n) is 1.63. The van der Waals surface area contributed by atoms with Crippen LogP contribution in [-0.2, 0) is 0 Å². The Kier molecular flexibility index (Phi) is 3.72. The molecule has 1 rings (SSSR count). The van der Waals surface area contributed by atoms with E-state index in [1.54, 1.807) is 0 Å². The SMILES string of the molecule is CCCCNC1[N]CCN1. The molecule has 10 heavy (non-hydrogen) atoms. The summed E-state index contributed by atoms with van der Waals surface area (Å²) in [4.78, 5) is 0. The van der Waals surface area contributed by atoms with Gasteiger partial charge in [-0.15, -0.1) is 0 Å². The van der Waals surface area contributed by atoms with E-state index in [1.807, 2.05) is 0 Å². The summed E-state index contributed by atoms with van der Waals surface area (Å²) in [5.41, 5.74) is 0. The average Bonchev–Trinajstić information content (AvgIpc) is 2.41. The van der Waals surface area contributed by atoms with Crippen molar-refractivity contribution >= 4 is 0 Å². The molecule has 0 aliphatic carbocycles. The first-order valence-corrected chi connectivity index (χ1v) is 4.07. The van der Waals surface area contributed by atoms with E-state index in [2.05, 4.69) is 22.9 Å². The van der Waals surface area contributed by atoms with Crippen LogP contribution in [0.5, 0.6) is 0 Å². The molecule has 1 atom stereocenters. The van der Waals surface area contributed by atoms with Gasteiger partial charge in [-0.2, -0.15) is 0 Å². The molecule has 0 amide bonds. The minimum Gasteiger partial charge on any atom is -0.288 e. The number of nitrogens with zero attached hydrogens (tertiary/aromatic N) is 1. The highest BCUT2D eigenvalue weighted by Crippen LogP contribution is 1.86. The van der Waals surface area contributed by atoms with Crippen molar-refractivity contribution in [2.75, 3.05) is 19.6 Å². The third kappa shape index (κ3) is 2.64. The second-order valence-corrected chi connectivity index (χ2v) is 2.57. The van der Waals surface area contributed by atoms with Crippen LogP contribution >= 0.6 is 0 Å². The zero-order chi connectivity index (χ0) is 7.23. The van der Waals surface area contributed by atoms with Crippen LogP contribution in [0.25, 0.3) is 0 Å². The molecule has 59 valence electrons. The molecule has 0 aromatic rings. The van der Waals surface area contributed by atoms with Gasteiger partial charge in [0.2, 0.25) is 0 Å². The van der Waals surface area contributed by atoms with Crippen molar-refractivity contribution in [3.8, 4) is 0 Å². The lowest BCUT2D eigenvalue weighted by molar-refractivity contribution is 0.434. The maximum Gasteiger partial charge on any atom is 0.127 e. The van der Waals surface area contributed by atoms with E-state index in [0.29, 0.717) is 0 Å². The fraction of sp³-hybridized carbons (Fsp3) is 1.00. The second kappa shape index (κ2) is 4.66. The molecule has 0 aromatic heterocycles. The van der Waals surface area contributed by atoms with Gasteiger partial charge in [-0.1, -0.05) is 13.3 Å². The zero-order valence-electron chi connectivity index (χ0n) is 6.56. The first-order valence-electron chi connectivity index (χ1n) is 4.07. The van der Waals surface area contributed by atoms with Gasteiger partial charge in [-0.3, -0.25) is 10.6 Å². The van der Waals surface area contributed by atoms with E-state index >= 15 is 0 Å². The number of rotatable bonds is 4. The van der Waals surface area contributed by atoms with Crippen LogP contribution in [0.1, 0.15) is 19.8 Å². The minimum atomic E-state index is 0.242. The van der Waals surface area contributed by atoms with Crippen molar-refractivity contribution in [3.63, 3.8) is 0 Å². The quantitative estimate of drug-likeness (QED) is 0.536. The van der Waals surface area contributed by atoms with Gasteiger partial charge < -0.3 is 0 Å². The van der Waals surface area contributed by atoms with Crippen molar-refractivity contribution < 1.29 is 0 Å². The van der Waals surface area contributed by atoms with Gasteiger partial charge in [0.1, 0.15) is 6.29 Å². The molecule has 0 saturated carbocycles. The van der Waals surface area contributed by atoms with Crippen molar-refractivity contribution in [3.05, 3.63) is 0 Å². The van der Waals surface area contributed by atoms with Gasteiger partial charge in [0.25, 0.3) is 0 Å². The monoisotopic (exact) mass is 142 g/mol. The molecule has 2 N–H and O–H groups in total. The lowest BCUT2D eigenvalue weighted by Gasteiger charge is -2.10. The van der Waals surface area contributed by atoms with Gasteiger partial charge in [-0.25, -0.2) is 5.32 Å². The van der Waals surface area contributed by atoms with Crippen molar-refractivity contribution in [1.82, 2.24) is 16.0 Å². The molecular formula is C7H16N3. The van der Waals surface area contributed by atoms with E-state index in [0.717, 1.165) is 19.6 Å². The Morgan fingerprint density at radius 2 is 2.60 bits per heavy atom. The third-order valence-corrected chi connectivity index (χ3v) is 1.63. The second-order valence-electron chi connectivity index (χ2n) is 2.57. The lowest BCUT2D eigenvalue weighted by Crippen LogP contribution is -2.42. The van der Waals surface area contributed by atoms with Gasteiger partial charge >= 0.3 is 0 Å². The molecule has 1 fully saturated rings. The number of hydrogen-bond donors (Lipinski definition) is 2. The number of nitrogens with one attached hydrogen (secondary N) is 2. The molecule has 1 saturated heterocycles. The fourth-order valence-corrected chi connectivity index (χ4v) is 1.01. The fourth-order valence-electron chi connectivity index (χ4n) is 1.01. The molecule has 0 bridgehead atoms. The van der Waals surface area contributed by atoms with Crippen LogP contribution in [0.15, 0.2) is 0 Å². The maximum atomic E-state index is 4.29. The summed E-state index contributed by atoms with van der Waals surface area (Å²) in [6.07, 6.45) is 2.74. The summed E-state index contributed by atoms with van der Waals surface area (Å²) in [7, 11) is 0. The highest BCUT2D eigenvalue weighted by atomic mass is 15.3. The molecular weight excluding hydrogens is 126 g/mol. The molecule has 1 aliphatic heterocycles.